The summed E-state index contributed by atoms with van der Waals surface area (Å²) >= 11 is 0. The standard InChI is InChI=1S/C29H32F4N6O2/c1-19-11-24(29(31,32)33)23(17-35-19)28(40)36-26-13-22(25(30)14-27(26)39-5-3-37(2)4-6-39)21-12-20(15-34-16-21)18-38-7-9-41-10-8-38/h11-17,35H,1,3-10,18H2,2H3,(H,36,40). The molecule has 2 N–H and O–H groups in total. The molecule has 5 rings (SSSR count). The third-order valence-electron chi connectivity index (χ3n) is 7.35. The molecule has 2 aromatic rings. The van der Waals surface area contributed by atoms with Crippen LogP contribution < -0.4 is 15.5 Å². The number of aromatic nitrogens is 1. The highest BCUT2D eigenvalue weighted by molar-refractivity contribution is 6.09. The number of allylic oxidation sites excluding steroid dienone is 1. The van der Waals surface area contributed by atoms with Gasteiger partial charge in [0.15, 0.2) is 0 Å². The number of morpholine rings is 1. The molecule has 0 saturated carbocycles. The van der Waals surface area contributed by atoms with Crippen LogP contribution >= 0.6 is 0 Å². The molecule has 218 valence electrons. The Morgan fingerprint density at radius 3 is 2.54 bits per heavy atom. The van der Waals surface area contributed by atoms with Gasteiger partial charge in [-0.05, 0) is 36.9 Å². The maximum Gasteiger partial charge on any atom is 0.417 e. The molecule has 2 fully saturated rings. The van der Waals surface area contributed by atoms with E-state index >= 15 is 4.39 Å². The first kappa shape index (κ1) is 28.8. The van der Waals surface area contributed by atoms with Crippen LogP contribution in [0.3, 0.4) is 0 Å². The van der Waals surface area contributed by atoms with E-state index in [1.807, 2.05) is 18.0 Å². The van der Waals surface area contributed by atoms with Crippen molar-refractivity contribution in [3.05, 3.63) is 77.7 Å². The lowest BCUT2D eigenvalue weighted by Crippen LogP contribution is -2.44. The van der Waals surface area contributed by atoms with Crippen LogP contribution in [0.2, 0.25) is 0 Å². The molecule has 0 radical (unpaired) electrons. The summed E-state index contributed by atoms with van der Waals surface area (Å²) in [6.45, 7) is 9.51. The highest BCUT2D eigenvalue weighted by atomic mass is 19.4. The number of amides is 1. The van der Waals surface area contributed by atoms with Crippen molar-refractivity contribution in [2.24, 2.45) is 0 Å². The summed E-state index contributed by atoms with van der Waals surface area (Å²) in [5, 5.41) is 5.22. The summed E-state index contributed by atoms with van der Waals surface area (Å²) < 4.78 is 62.4. The van der Waals surface area contributed by atoms with Crippen molar-refractivity contribution in [3.8, 4) is 11.1 Å². The molecule has 0 aliphatic carbocycles. The fraction of sp³-hybridized carbons (Fsp3) is 0.379. The second-order valence-electron chi connectivity index (χ2n) is 10.3. The molecule has 0 unspecified atom stereocenters. The average molecular weight is 573 g/mol. The van der Waals surface area contributed by atoms with Crippen molar-refractivity contribution in [1.82, 2.24) is 20.1 Å². The zero-order chi connectivity index (χ0) is 29.1. The van der Waals surface area contributed by atoms with Gasteiger partial charge in [0.1, 0.15) is 5.82 Å². The molecule has 12 heteroatoms. The van der Waals surface area contributed by atoms with Crippen molar-refractivity contribution >= 4 is 17.3 Å². The minimum absolute atomic E-state index is 0.0144. The molecule has 8 nitrogen and oxygen atoms in total. The largest absolute Gasteiger partial charge is 0.417 e. The maximum absolute atomic E-state index is 15.7. The van der Waals surface area contributed by atoms with E-state index in [0.29, 0.717) is 57.2 Å². The topological polar surface area (TPSA) is 73.0 Å². The lowest BCUT2D eigenvalue weighted by molar-refractivity contribution is -0.115. The average Bonchev–Trinajstić information content (AvgIpc) is 2.94. The van der Waals surface area contributed by atoms with Crippen LogP contribution in [0.1, 0.15) is 5.56 Å². The summed E-state index contributed by atoms with van der Waals surface area (Å²) in [6, 6.07) is 4.65. The fourth-order valence-electron chi connectivity index (χ4n) is 5.08. The number of dihydropyridines is 1. The third-order valence-corrected chi connectivity index (χ3v) is 7.35. The summed E-state index contributed by atoms with van der Waals surface area (Å²) in [5.74, 6) is -1.49. The van der Waals surface area contributed by atoms with E-state index in [9.17, 15) is 18.0 Å². The van der Waals surface area contributed by atoms with E-state index in [-0.39, 0.29) is 16.9 Å². The molecule has 4 heterocycles. The highest BCUT2D eigenvalue weighted by Crippen LogP contribution is 2.37. The Balaban J connectivity index is 1.49. The Labute approximate surface area is 236 Å². The number of rotatable bonds is 6. The van der Waals surface area contributed by atoms with Gasteiger partial charge in [-0.15, -0.1) is 0 Å². The number of nitrogens with zero attached hydrogens (tertiary/aromatic N) is 4. The van der Waals surface area contributed by atoms with Gasteiger partial charge in [-0.25, -0.2) is 4.39 Å². The number of hydrogen-bond acceptors (Lipinski definition) is 7. The Morgan fingerprint density at radius 2 is 1.83 bits per heavy atom. The van der Waals surface area contributed by atoms with Gasteiger partial charge in [0.05, 0.1) is 35.7 Å². The molecular formula is C29H32F4N6O2. The monoisotopic (exact) mass is 572 g/mol. The lowest BCUT2D eigenvalue weighted by atomic mass is 10.0. The minimum atomic E-state index is -4.77. The predicted octanol–water partition coefficient (Wildman–Crippen LogP) is 3.90. The molecule has 0 bridgehead atoms. The minimum Gasteiger partial charge on any atom is -0.379 e. The van der Waals surface area contributed by atoms with Crippen LogP contribution in [0.15, 0.2) is 66.3 Å². The molecule has 0 atom stereocenters. The molecule has 0 spiro atoms. The van der Waals surface area contributed by atoms with Crippen molar-refractivity contribution in [3.63, 3.8) is 0 Å². The molecule has 1 amide bonds. The Hall–Kier alpha value is -3.74. The SMILES string of the molecule is C=C1C=C(C(F)(F)F)C(C(=O)Nc2cc(-c3cncc(CN4CCOCC4)c3)c(F)cc2N2CCN(C)CC2)=CN1. The Bertz CT molecular complexity index is 1380. The van der Waals surface area contributed by atoms with Crippen molar-refractivity contribution in [2.45, 2.75) is 12.7 Å². The lowest BCUT2D eigenvalue weighted by Gasteiger charge is -2.35. The van der Waals surface area contributed by atoms with E-state index < -0.39 is 29.0 Å². The first-order chi connectivity index (χ1) is 19.6. The number of nitrogens with one attached hydrogen (secondary N) is 2. The molecule has 2 saturated heterocycles. The number of carbonyl (C=O) groups is 1. The van der Waals surface area contributed by atoms with Crippen LogP contribution in [-0.2, 0) is 16.1 Å². The number of benzene rings is 1. The third kappa shape index (κ3) is 6.77. The number of alkyl halides is 3. The first-order valence-corrected chi connectivity index (χ1v) is 13.4. The van der Waals surface area contributed by atoms with Crippen molar-refractivity contribution in [1.29, 1.82) is 0 Å². The Kier molecular flexibility index (Phi) is 8.43. The van der Waals surface area contributed by atoms with Gasteiger partial charge in [-0.3, -0.25) is 14.7 Å². The molecule has 41 heavy (non-hydrogen) atoms. The van der Waals surface area contributed by atoms with Gasteiger partial charge >= 0.3 is 6.18 Å². The van der Waals surface area contributed by atoms with E-state index in [4.69, 9.17) is 4.74 Å². The molecule has 3 aliphatic heterocycles. The van der Waals surface area contributed by atoms with Crippen LogP contribution in [0, 0.1) is 5.82 Å². The maximum atomic E-state index is 15.7. The first-order valence-electron chi connectivity index (χ1n) is 13.4. The summed E-state index contributed by atoms with van der Waals surface area (Å²) in [5.41, 5.74) is 0.496. The van der Waals surface area contributed by atoms with Gasteiger partial charge < -0.3 is 25.2 Å². The number of ether oxygens (including phenoxy) is 1. The summed E-state index contributed by atoms with van der Waals surface area (Å²) in [4.78, 5) is 23.9. The zero-order valence-corrected chi connectivity index (χ0v) is 22.7. The smallest absolute Gasteiger partial charge is 0.379 e. The number of piperazine rings is 1. The molecule has 3 aliphatic rings. The van der Waals surface area contributed by atoms with Crippen LogP contribution in [0.25, 0.3) is 11.1 Å². The normalized spacial score (nSPS) is 19.0. The zero-order valence-electron chi connectivity index (χ0n) is 22.7. The number of carbonyl (C=O) groups excluding carboxylic acids is 1. The van der Waals surface area contributed by atoms with Crippen molar-refractivity contribution in [2.75, 3.05) is 69.7 Å². The number of halogens is 4. The van der Waals surface area contributed by atoms with Crippen molar-refractivity contribution < 1.29 is 27.1 Å². The van der Waals surface area contributed by atoms with Gasteiger partial charge in [0, 0.05) is 81.2 Å². The van der Waals surface area contributed by atoms with E-state index in [2.05, 4.69) is 32.0 Å². The molecule has 1 aromatic heterocycles. The highest BCUT2D eigenvalue weighted by Gasteiger charge is 2.40. The number of pyridine rings is 1. The Morgan fingerprint density at radius 1 is 1.10 bits per heavy atom. The van der Waals surface area contributed by atoms with Crippen LogP contribution in [0.4, 0.5) is 28.9 Å². The van der Waals surface area contributed by atoms with Gasteiger partial charge in [0.25, 0.3) is 5.91 Å². The predicted molar refractivity (Wildman–Crippen MR) is 149 cm³/mol. The van der Waals surface area contributed by atoms with E-state index in [1.54, 1.807) is 6.20 Å². The van der Waals surface area contributed by atoms with Crippen LogP contribution in [0.5, 0.6) is 0 Å². The quantitative estimate of drug-likeness (QED) is 0.509. The number of anilines is 2. The number of hydrogen-bond donors (Lipinski definition) is 2. The second-order valence-corrected chi connectivity index (χ2v) is 10.3. The molecule has 1 aromatic carbocycles. The van der Waals surface area contributed by atoms with E-state index in [0.717, 1.165) is 30.9 Å². The molecular weight excluding hydrogens is 540 g/mol. The van der Waals surface area contributed by atoms with E-state index in [1.165, 1.54) is 18.3 Å². The second kappa shape index (κ2) is 12.0. The summed E-state index contributed by atoms with van der Waals surface area (Å²) in [7, 11) is 1.97. The van der Waals surface area contributed by atoms with Crippen LogP contribution in [-0.4, -0.2) is 86.4 Å². The van der Waals surface area contributed by atoms with Gasteiger partial charge in [-0.1, -0.05) is 6.58 Å². The van der Waals surface area contributed by atoms with Gasteiger partial charge in [-0.2, -0.15) is 13.2 Å². The summed E-state index contributed by atoms with van der Waals surface area (Å²) in [6.07, 6.45) is 0.262. The fourth-order valence-corrected chi connectivity index (χ4v) is 5.08. The van der Waals surface area contributed by atoms with Gasteiger partial charge in [0.2, 0.25) is 0 Å². The number of likely N-dealkylation sites (N-methyl/N-ethyl adjacent to an activating group) is 1.